The molecule has 0 unspecified atom stereocenters. The van der Waals surface area contributed by atoms with Gasteiger partial charge in [-0.1, -0.05) is 18.2 Å². The summed E-state index contributed by atoms with van der Waals surface area (Å²) in [4.78, 5) is 26.3. The maximum absolute atomic E-state index is 13.2. The van der Waals surface area contributed by atoms with Crippen LogP contribution < -0.4 is 9.47 Å². The van der Waals surface area contributed by atoms with Crippen LogP contribution >= 0.6 is 0 Å². The summed E-state index contributed by atoms with van der Waals surface area (Å²) in [6.07, 6.45) is 0.601. The second kappa shape index (κ2) is 7.50. The Morgan fingerprint density at radius 3 is 2.41 bits per heavy atom. The molecule has 0 fully saturated rings. The highest BCUT2D eigenvalue weighted by Gasteiger charge is 2.28. The van der Waals surface area contributed by atoms with Gasteiger partial charge in [-0.25, -0.2) is 0 Å². The van der Waals surface area contributed by atoms with Crippen LogP contribution in [-0.2, 0) is 24.3 Å². The third-order valence-corrected chi connectivity index (χ3v) is 5.34. The zero-order chi connectivity index (χ0) is 20.5. The van der Waals surface area contributed by atoms with Gasteiger partial charge in [0.25, 0.3) is 5.91 Å². The van der Waals surface area contributed by atoms with Gasteiger partial charge in [-0.05, 0) is 18.2 Å². The van der Waals surface area contributed by atoms with Gasteiger partial charge >= 0.3 is 5.97 Å². The molecule has 29 heavy (non-hydrogen) atoms. The normalized spacial score (nSPS) is 13.2. The minimum atomic E-state index is -0.879. The van der Waals surface area contributed by atoms with Crippen molar-refractivity contribution in [2.75, 3.05) is 20.8 Å². The van der Waals surface area contributed by atoms with Gasteiger partial charge in [-0.15, -0.1) is 0 Å². The summed E-state index contributed by atoms with van der Waals surface area (Å²) in [6, 6.07) is 12.9. The number of ether oxygens (including phenoxy) is 2. The number of carbonyl (C=O) groups excluding carboxylic acids is 1. The molecule has 2 aromatic carbocycles. The molecule has 1 N–H and O–H groups in total. The molecule has 2 heterocycles. The molecule has 150 valence electrons. The number of carboxylic acids is 1. The molecular formula is C22H22N2O5. The van der Waals surface area contributed by atoms with Crippen molar-refractivity contribution >= 4 is 22.8 Å². The van der Waals surface area contributed by atoms with E-state index in [1.54, 1.807) is 37.3 Å². The average molecular weight is 394 g/mol. The first-order chi connectivity index (χ1) is 14.0. The summed E-state index contributed by atoms with van der Waals surface area (Å²) in [5, 5.41) is 10.3. The molecule has 0 saturated heterocycles. The minimum absolute atomic E-state index is 0.0864. The average Bonchev–Trinajstić information content (AvgIpc) is 3.05. The molecule has 4 rings (SSSR count). The molecule has 0 radical (unpaired) electrons. The van der Waals surface area contributed by atoms with E-state index >= 15 is 0 Å². The zero-order valence-electron chi connectivity index (χ0n) is 16.3. The number of hydrogen-bond acceptors (Lipinski definition) is 4. The van der Waals surface area contributed by atoms with Crippen LogP contribution in [0.2, 0.25) is 0 Å². The Kier molecular flexibility index (Phi) is 4.88. The number of rotatable bonds is 5. The lowest BCUT2D eigenvalue weighted by Gasteiger charge is -2.28. The summed E-state index contributed by atoms with van der Waals surface area (Å²) in [7, 11) is 3.10. The molecule has 0 aliphatic carbocycles. The van der Waals surface area contributed by atoms with Gasteiger partial charge in [0.05, 0.1) is 14.2 Å². The Morgan fingerprint density at radius 2 is 1.76 bits per heavy atom. The van der Waals surface area contributed by atoms with E-state index in [0.29, 0.717) is 36.6 Å². The van der Waals surface area contributed by atoms with E-state index in [2.05, 4.69) is 0 Å². The lowest BCUT2D eigenvalue weighted by Crippen LogP contribution is -2.36. The van der Waals surface area contributed by atoms with Crippen molar-refractivity contribution < 1.29 is 24.2 Å². The molecule has 3 aromatic rings. The number of aromatic nitrogens is 1. The van der Waals surface area contributed by atoms with E-state index in [1.807, 2.05) is 28.8 Å². The minimum Gasteiger partial charge on any atom is -0.497 e. The van der Waals surface area contributed by atoms with E-state index in [4.69, 9.17) is 9.47 Å². The van der Waals surface area contributed by atoms with Crippen LogP contribution in [0.25, 0.3) is 10.9 Å². The van der Waals surface area contributed by atoms with Crippen molar-refractivity contribution in [3.05, 3.63) is 59.3 Å². The predicted molar refractivity (Wildman–Crippen MR) is 108 cm³/mol. The number of benzene rings is 2. The topological polar surface area (TPSA) is 81.0 Å². The smallest absolute Gasteiger partial charge is 0.323 e. The van der Waals surface area contributed by atoms with E-state index in [9.17, 15) is 14.7 Å². The number of nitrogens with zero attached hydrogens (tertiary/aromatic N) is 2. The molecule has 1 amide bonds. The Bertz CT molecular complexity index is 1080. The number of methoxy groups -OCH3 is 2. The Morgan fingerprint density at radius 1 is 1.07 bits per heavy atom. The summed E-state index contributed by atoms with van der Waals surface area (Å²) in [6.45, 7) is 0.860. The standard InChI is InChI=1S/C22H22N2O5/c1-28-15-9-14(10-16(11-15)29-2)22(27)23-8-7-20-18(12-23)17-5-3-4-6-19(17)24(20)13-21(25)26/h3-6,9-11H,7-8,12-13H2,1-2H3,(H,25,26). The van der Waals surface area contributed by atoms with Gasteiger partial charge in [0, 0.05) is 53.3 Å². The highest BCUT2D eigenvalue weighted by molar-refractivity contribution is 5.96. The number of aliphatic carboxylic acids is 1. The van der Waals surface area contributed by atoms with Gasteiger partial charge in [0.15, 0.2) is 0 Å². The van der Waals surface area contributed by atoms with Gasteiger partial charge in [-0.2, -0.15) is 0 Å². The number of carbonyl (C=O) groups is 2. The summed E-state index contributed by atoms with van der Waals surface area (Å²) < 4.78 is 12.4. The van der Waals surface area contributed by atoms with Gasteiger partial charge in [-0.3, -0.25) is 9.59 Å². The molecule has 0 bridgehead atoms. The third-order valence-electron chi connectivity index (χ3n) is 5.34. The van der Waals surface area contributed by atoms with Crippen LogP contribution in [-0.4, -0.2) is 47.2 Å². The summed E-state index contributed by atoms with van der Waals surface area (Å²) >= 11 is 0. The number of fused-ring (bicyclic) bond motifs is 3. The molecular weight excluding hydrogens is 372 g/mol. The van der Waals surface area contributed by atoms with Crippen LogP contribution in [0.5, 0.6) is 11.5 Å². The predicted octanol–water partition coefficient (Wildman–Crippen LogP) is 2.94. The number of carboxylic acid groups (broad SMARTS) is 1. The van der Waals surface area contributed by atoms with Crippen molar-refractivity contribution in [1.82, 2.24) is 9.47 Å². The highest BCUT2D eigenvalue weighted by Crippen LogP contribution is 2.32. The molecule has 1 aliphatic heterocycles. The van der Waals surface area contributed by atoms with E-state index in [1.165, 1.54) is 0 Å². The maximum Gasteiger partial charge on any atom is 0.323 e. The number of hydrogen-bond donors (Lipinski definition) is 1. The lowest BCUT2D eigenvalue weighted by molar-refractivity contribution is -0.137. The van der Waals surface area contributed by atoms with Crippen molar-refractivity contribution in [2.24, 2.45) is 0 Å². The van der Waals surface area contributed by atoms with Crippen LogP contribution in [0, 0.1) is 0 Å². The van der Waals surface area contributed by atoms with Crippen LogP contribution in [0.3, 0.4) is 0 Å². The van der Waals surface area contributed by atoms with Crippen molar-refractivity contribution in [3.63, 3.8) is 0 Å². The van der Waals surface area contributed by atoms with Crippen LogP contribution in [0.15, 0.2) is 42.5 Å². The Labute approximate surface area is 168 Å². The summed E-state index contributed by atoms with van der Waals surface area (Å²) in [5.41, 5.74) is 3.38. The first-order valence-electron chi connectivity index (χ1n) is 9.35. The van der Waals surface area contributed by atoms with Gasteiger partial charge < -0.3 is 24.0 Å². The molecule has 0 saturated carbocycles. The molecule has 1 aromatic heterocycles. The van der Waals surface area contributed by atoms with Crippen LogP contribution in [0.4, 0.5) is 0 Å². The fourth-order valence-electron chi connectivity index (χ4n) is 4.00. The molecule has 7 heteroatoms. The van der Waals surface area contributed by atoms with Crippen LogP contribution in [0.1, 0.15) is 21.6 Å². The van der Waals surface area contributed by atoms with Gasteiger partial charge in [0.1, 0.15) is 18.0 Å². The van der Waals surface area contributed by atoms with Gasteiger partial charge in [0.2, 0.25) is 0 Å². The number of para-hydroxylation sites is 1. The Balaban J connectivity index is 1.70. The maximum atomic E-state index is 13.2. The molecule has 0 spiro atoms. The fourth-order valence-corrected chi connectivity index (χ4v) is 4.00. The zero-order valence-corrected chi connectivity index (χ0v) is 16.3. The Hall–Kier alpha value is -3.48. The largest absolute Gasteiger partial charge is 0.497 e. The van der Waals surface area contributed by atoms with Crippen molar-refractivity contribution in [1.29, 1.82) is 0 Å². The second-order valence-corrected chi connectivity index (χ2v) is 7.00. The quantitative estimate of drug-likeness (QED) is 0.720. The fraction of sp³-hybridized carbons (Fsp3) is 0.273. The first-order valence-corrected chi connectivity index (χ1v) is 9.35. The van der Waals surface area contributed by atoms with Crippen molar-refractivity contribution in [3.8, 4) is 11.5 Å². The van der Waals surface area contributed by atoms with E-state index < -0.39 is 5.97 Å². The third kappa shape index (κ3) is 3.40. The number of amides is 1. The molecule has 0 atom stereocenters. The molecule has 7 nitrogen and oxygen atoms in total. The first kappa shape index (κ1) is 18.9. The van der Waals surface area contributed by atoms with E-state index in [-0.39, 0.29) is 12.5 Å². The van der Waals surface area contributed by atoms with E-state index in [0.717, 1.165) is 22.2 Å². The lowest BCUT2D eigenvalue weighted by atomic mass is 10.0. The highest BCUT2D eigenvalue weighted by atomic mass is 16.5. The second-order valence-electron chi connectivity index (χ2n) is 7.00. The summed E-state index contributed by atoms with van der Waals surface area (Å²) in [5.74, 6) is 0.130. The van der Waals surface area contributed by atoms with Crippen molar-refractivity contribution in [2.45, 2.75) is 19.5 Å². The monoisotopic (exact) mass is 394 g/mol. The SMILES string of the molecule is COc1cc(OC)cc(C(=O)N2CCc3c(c4ccccc4n3CC(=O)O)C2)c1. The molecule has 1 aliphatic rings.